The molecular weight excluding hydrogens is 386 g/mol. The van der Waals surface area contributed by atoms with Crippen molar-refractivity contribution < 1.29 is 14.0 Å². The number of terminal acetylenes is 1. The van der Waals surface area contributed by atoms with Crippen LogP contribution < -0.4 is 5.90 Å². The molecule has 0 aliphatic rings. The quantitative estimate of drug-likeness (QED) is 0.353. The fourth-order valence-corrected chi connectivity index (χ4v) is 2.50. The lowest BCUT2D eigenvalue weighted by Crippen LogP contribution is -2.09. The highest BCUT2D eigenvalue weighted by Crippen LogP contribution is 2.26. The van der Waals surface area contributed by atoms with Gasteiger partial charge in [0.05, 0.1) is 5.56 Å². The van der Waals surface area contributed by atoms with E-state index in [1.165, 1.54) is 0 Å². The van der Waals surface area contributed by atoms with Crippen LogP contribution in [0.3, 0.4) is 0 Å². The molecule has 2 N–H and O–H groups in total. The third kappa shape index (κ3) is 5.14. The first-order chi connectivity index (χ1) is 12.1. The van der Waals surface area contributed by atoms with E-state index in [-0.39, 0.29) is 0 Å². The maximum absolute atomic E-state index is 11.3. The minimum absolute atomic E-state index is 0.348. The number of halogens is 1. The Morgan fingerprint density at radius 2 is 1.96 bits per heavy atom. The van der Waals surface area contributed by atoms with Gasteiger partial charge in [-0.2, -0.15) is 5.90 Å². The standard InChI is InChI=1S/C16H16BrN3O3.C2H2/c1-3-13(10(2)8-9-17)15-20-19-14(22-15)11-4-6-12(7-5-11)16(21)23-18;1-2/h3-8H,9,18H2,1-2H3;1-2H/b10-8-,13-3+;. The summed E-state index contributed by atoms with van der Waals surface area (Å²) in [6.45, 7) is 3.89. The average molecular weight is 404 g/mol. The van der Waals surface area contributed by atoms with E-state index in [1.54, 1.807) is 24.3 Å². The van der Waals surface area contributed by atoms with Gasteiger partial charge in [-0.05, 0) is 43.7 Å². The van der Waals surface area contributed by atoms with Crippen molar-refractivity contribution in [1.29, 1.82) is 0 Å². The minimum atomic E-state index is -0.602. The average Bonchev–Trinajstić information content (AvgIpc) is 3.13. The number of rotatable bonds is 5. The van der Waals surface area contributed by atoms with E-state index >= 15 is 0 Å². The first kappa shape index (κ1) is 20.4. The van der Waals surface area contributed by atoms with Gasteiger partial charge in [0.2, 0.25) is 11.8 Å². The molecule has 1 aromatic carbocycles. The van der Waals surface area contributed by atoms with Gasteiger partial charge in [-0.1, -0.05) is 28.1 Å². The number of hydrogen-bond donors (Lipinski definition) is 1. The molecular formula is C18H18BrN3O3. The highest BCUT2D eigenvalue weighted by molar-refractivity contribution is 9.09. The Morgan fingerprint density at radius 1 is 1.32 bits per heavy atom. The SMILES string of the molecule is C#C.C/C=C(\C(C)=C/CBr)c1nnc(-c2ccc(C(=O)ON)cc2)o1. The molecule has 0 atom stereocenters. The number of allylic oxidation sites excluding steroid dienone is 4. The molecule has 2 aromatic rings. The Balaban J connectivity index is 0.00000151. The predicted molar refractivity (Wildman–Crippen MR) is 100 cm³/mol. The first-order valence-electron chi connectivity index (χ1n) is 7.18. The maximum atomic E-state index is 11.3. The van der Waals surface area contributed by atoms with E-state index in [2.05, 4.69) is 43.8 Å². The van der Waals surface area contributed by atoms with Crippen LogP contribution in [0.25, 0.3) is 17.0 Å². The fraction of sp³-hybridized carbons (Fsp3) is 0.167. The summed E-state index contributed by atoms with van der Waals surface area (Å²) in [7, 11) is 0. The second-order valence-corrected chi connectivity index (χ2v) is 5.29. The number of hydrogen-bond acceptors (Lipinski definition) is 6. The molecule has 1 aromatic heterocycles. The molecule has 25 heavy (non-hydrogen) atoms. The van der Waals surface area contributed by atoms with Crippen molar-refractivity contribution in [1.82, 2.24) is 10.2 Å². The van der Waals surface area contributed by atoms with Gasteiger partial charge in [0.15, 0.2) is 0 Å². The van der Waals surface area contributed by atoms with Crippen molar-refractivity contribution in [2.24, 2.45) is 5.90 Å². The maximum Gasteiger partial charge on any atom is 0.356 e. The van der Waals surface area contributed by atoms with Crippen molar-refractivity contribution in [3.8, 4) is 24.3 Å². The van der Waals surface area contributed by atoms with Gasteiger partial charge in [-0.15, -0.1) is 23.0 Å². The van der Waals surface area contributed by atoms with Crippen LogP contribution in [0.1, 0.15) is 30.1 Å². The summed E-state index contributed by atoms with van der Waals surface area (Å²) in [6.07, 6.45) is 11.9. The topological polar surface area (TPSA) is 91.2 Å². The minimum Gasteiger partial charge on any atom is -0.416 e. The molecule has 0 saturated heterocycles. The molecule has 2 rings (SSSR count). The van der Waals surface area contributed by atoms with Crippen molar-refractivity contribution in [3.05, 3.63) is 53.4 Å². The molecule has 0 unspecified atom stereocenters. The highest BCUT2D eigenvalue weighted by atomic mass is 79.9. The lowest BCUT2D eigenvalue weighted by molar-refractivity contribution is 0.0503. The van der Waals surface area contributed by atoms with Gasteiger partial charge in [0, 0.05) is 16.5 Å². The number of aromatic nitrogens is 2. The van der Waals surface area contributed by atoms with E-state index in [0.717, 1.165) is 16.5 Å². The molecule has 0 saturated carbocycles. The summed E-state index contributed by atoms with van der Waals surface area (Å²) in [5.41, 5.74) is 2.98. The summed E-state index contributed by atoms with van der Waals surface area (Å²) in [6, 6.07) is 6.56. The normalized spacial score (nSPS) is 11.4. The predicted octanol–water partition coefficient (Wildman–Crippen LogP) is 3.76. The molecule has 7 heteroatoms. The van der Waals surface area contributed by atoms with Gasteiger partial charge >= 0.3 is 5.97 Å². The summed E-state index contributed by atoms with van der Waals surface area (Å²) in [5.74, 6) is 5.07. The third-order valence-electron chi connectivity index (χ3n) is 3.23. The molecule has 0 fully saturated rings. The van der Waals surface area contributed by atoms with Gasteiger partial charge in [0.1, 0.15) is 0 Å². The Kier molecular flexibility index (Phi) is 8.33. The second kappa shape index (κ2) is 10.2. The van der Waals surface area contributed by atoms with Crippen molar-refractivity contribution in [3.63, 3.8) is 0 Å². The Morgan fingerprint density at radius 3 is 2.48 bits per heavy atom. The van der Waals surface area contributed by atoms with Crippen LogP contribution in [-0.2, 0) is 4.84 Å². The summed E-state index contributed by atoms with van der Waals surface area (Å²) < 4.78 is 5.73. The Labute approximate surface area is 154 Å². The van der Waals surface area contributed by atoms with Crippen molar-refractivity contribution in [2.45, 2.75) is 13.8 Å². The zero-order chi connectivity index (χ0) is 18.8. The van der Waals surface area contributed by atoms with Crippen molar-refractivity contribution in [2.75, 3.05) is 5.33 Å². The van der Waals surface area contributed by atoms with E-state index in [1.807, 2.05) is 26.0 Å². The number of carbonyl (C=O) groups is 1. The number of benzene rings is 1. The zero-order valence-electron chi connectivity index (χ0n) is 13.9. The second-order valence-electron chi connectivity index (χ2n) is 4.64. The third-order valence-corrected chi connectivity index (χ3v) is 3.55. The monoisotopic (exact) mass is 403 g/mol. The zero-order valence-corrected chi connectivity index (χ0v) is 15.5. The molecule has 0 aliphatic heterocycles. The van der Waals surface area contributed by atoms with Crippen LogP contribution >= 0.6 is 15.9 Å². The smallest absolute Gasteiger partial charge is 0.356 e. The van der Waals surface area contributed by atoms with Crippen LogP contribution in [0, 0.1) is 12.8 Å². The van der Waals surface area contributed by atoms with Crippen LogP contribution in [0.5, 0.6) is 0 Å². The van der Waals surface area contributed by atoms with Gasteiger partial charge in [-0.25, -0.2) is 4.79 Å². The summed E-state index contributed by atoms with van der Waals surface area (Å²) >= 11 is 3.37. The van der Waals surface area contributed by atoms with Crippen LogP contribution in [-0.4, -0.2) is 21.5 Å². The number of carbonyl (C=O) groups excluding carboxylic acids is 1. The Hall–Kier alpha value is -2.69. The molecule has 6 nitrogen and oxygen atoms in total. The molecule has 1 heterocycles. The van der Waals surface area contributed by atoms with E-state index < -0.39 is 5.97 Å². The summed E-state index contributed by atoms with van der Waals surface area (Å²) in [4.78, 5) is 15.5. The van der Waals surface area contributed by atoms with Crippen molar-refractivity contribution >= 4 is 27.5 Å². The number of nitrogens with two attached hydrogens (primary N) is 1. The summed E-state index contributed by atoms with van der Waals surface area (Å²) in [5, 5.41) is 8.89. The fourth-order valence-electron chi connectivity index (χ4n) is 2.01. The largest absolute Gasteiger partial charge is 0.416 e. The van der Waals surface area contributed by atoms with Crippen LogP contribution in [0.4, 0.5) is 0 Å². The number of nitrogens with zero attached hydrogens (tertiary/aromatic N) is 2. The highest BCUT2D eigenvalue weighted by Gasteiger charge is 2.14. The van der Waals surface area contributed by atoms with Crippen LogP contribution in [0.2, 0.25) is 0 Å². The van der Waals surface area contributed by atoms with Gasteiger partial charge < -0.3 is 9.25 Å². The lowest BCUT2D eigenvalue weighted by Gasteiger charge is -2.02. The van der Waals surface area contributed by atoms with Crippen LogP contribution in [0.15, 0.2) is 46.4 Å². The molecule has 0 aliphatic carbocycles. The molecule has 0 radical (unpaired) electrons. The lowest BCUT2D eigenvalue weighted by atomic mass is 10.1. The number of alkyl halides is 1. The first-order valence-corrected chi connectivity index (χ1v) is 8.31. The molecule has 0 spiro atoms. The molecule has 0 amide bonds. The van der Waals surface area contributed by atoms with E-state index in [4.69, 9.17) is 10.3 Å². The van der Waals surface area contributed by atoms with E-state index in [9.17, 15) is 4.79 Å². The van der Waals surface area contributed by atoms with E-state index in [0.29, 0.717) is 22.9 Å². The van der Waals surface area contributed by atoms with Gasteiger partial charge in [0.25, 0.3) is 0 Å². The molecule has 0 bridgehead atoms. The van der Waals surface area contributed by atoms with Gasteiger partial charge in [-0.3, -0.25) is 0 Å². The Bertz CT molecular complexity index is 789. The molecule has 130 valence electrons.